The van der Waals surface area contributed by atoms with Gasteiger partial charge in [-0.25, -0.2) is 4.98 Å². The van der Waals surface area contributed by atoms with E-state index in [0.717, 1.165) is 47.2 Å². The van der Waals surface area contributed by atoms with Crippen molar-refractivity contribution in [2.75, 3.05) is 6.61 Å². The summed E-state index contributed by atoms with van der Waals surface area (Å²) in [6.07, 6.45) is 2.21. The monoisotopic (exact) mass is 289 g/mol. The highest BCUT2D eigenvalue weighted by atomic mass is 32.1. The molecule has 1 aromatic heterocycles. The van der Waals surface area contributed by atoms with E-state index < -0.39 is 6.10 Å². The zero-order valence-electron chi connectivity index (χ0n) is 11.8. The minimum Gasteiger partial charge on any atom is -0.493 e. The second kappa shape index (κ2) is 5.54. The highest BCUT2D eigenvalue weighted by Crippen LogP contribution is 2.30. The Hall–Kier alpha value is -1.39. The van der Waals surface area contributed by atoms with E-state index >= 15 is 0 Å². The molecule has 0 fully saturated rings. The van der Waals surface area contributed by atoms with Crippen LogP contribution in [0.2, 0.25) is 0 Å². The van der Waals surface area contributed by atoms with E-state index in [2.05, 4.69) is 17.1 Å². The van der Waals surface area contributed by atoms with Crippen LogP contribution in [-0.4, -0.2) is 16.7 Å². The first kappa shape index (κ1) is 13.6. The Balaban J connectivity index is 1.66. The zero-order chi connectivity index (χ0) is 14.1. The number of fused-ring (bicyclic) bond motifs is 1. The van der Waals surface area contributed by atoms with Crippen molar-refractivity contribution in [1.82, 2.24) is 4.98 Å². The number of aromatic nitrogens is 1. The molecular weight excluding hydrogens is 270 g/mol. The van der Waals surface area contributed by atoms with E-state index in [-0.39, 0.29) is 0 Å². The van der Waals surface area contributed by atoms with E-state index in [1.54, 1.807) is 11.3 Å². The fourth-order valence-electron chi connectivity index (χ4n) is 2.69. The van der Waals surface area contributed by atoms with Gasteiger partial charge in [-0.3, -0.25) is 0 Å². The maximum absolute atomic E-state index is 10.3. The summed E-state index contributed by atoms with van der Waals surface area (Å²) in [6, 6.07) is 6.35. The Bertz CT molecular complexity index is 621. The number of hydrogen-bond donors (Lipinski definition) is 1. The van der Waals surface area contributed by atoms with E-state index in [9.17, 15) is 5.11 Å². The van der Waals surface area contributed by atoms with Crippen molar-refractivity contribution in [3.05, 3.63) is 44.9 Å². The maximum Gasteiger partial charge on any atom is 0.122 e. The van der Waals surface area contributed by atoms with Gasteiger partial charge in [0.1, 0.15) is 5.75 Å². The number of aliphatic hydroxyl groups is 1. The van der Waals surface area contributed by atoms with Crippen LogP contribution < -0.4 is 4.74 Å². The van der Waals surface area contributed by atoms with E-state index in [1.807, 2.05) is 19.9 Å². The quantitative estimate of drug-likeness (QED) is 0.938. The van der Waals surface area contributed by atoms with Crippen molar-refractivity contribution in [3.63, 3.8) is 0 Å². The first-order chi connectivity index (χ1) is 9.63. The molecule has 3 nitrogen and oxygen atoms in total. The van der Waals surface area contributed by atoms with Crippen molar-refractivity contribution >= 4 is 11.3 Å². The van der Waals surface area contributed by atoms with Gasteiger partial charge >= 0.3 is 0 Å². The molecule has 1 unspecified atom stereocenters. The normalized spacial score (nSPS) is 14.9. The van der Waals surface area contributed by atoms with Crippen LogP contribution in [0.25, 0.3) is 0 Å². The molecule has 2 heterocycles. The molecule has 4 heteroatoms. The largest absolute Gasteiger partial charge is 0.493 e. The van der Waals surface area contributed by atoms with Gasteiger partial charge in [0.15, 0.2) is 0 Å². The zero-order valence-corrected chi connectivity index (χ0v) is 12.7. The van der Waals surface area contributed by atoms with Gasteiger partial charge in [0.2, 0.25) is 0 Å². The fraction of sp³-hybridized carbons (Fsp3) is 0.438. The van der Waals surface area contributed by atoms with Gasteiger partial charge in [-0.15, -0.1) is 11.3 Å². The molecule has 1 N–H and O–H groups in total. The highest BCUT2D eigenvalue weighted by Gasteiger charge is 2.16. The lowest BCUT2D eigenvalue weighted by molar-refractivity contribution is 0.170. The molecule has 1 aromatic carbocycles. The summed E-state index contributed by atoms with van der Waals surface area (Å²) in [7, 11) is 0. The summed E-state index contributed by atoms with van der Waals surface area (Å²) < 4.78 is 5.51. The first-order valence-electron chi connectivity index (χ1n) is 7.00. The lowest BCUT2D eigenvalue weighted by atomic mass is 10.0. The predicted molar refractivity (Wildman–Crippen MR) is 80.5 cm³/mol. The minimum atomic E-state index is -0.411. The molecule has 106 valence electrons. The van der Waals surface area contributed by atoms with Gasteiger partial charge in [0.05, 0.1) is 28.3 Å². The van der Waals surface area contributed by atoms with Crippen LogP contribution in [0.15, 0.2) is 18.2 Å². The van der Waals surface area contributed by atoms with Gasteiger partial charge < -0.3 is 9.84 Å². The van der Waals surface area contributed by atoms with Crippen LogP contribution in [0.1, 0.15) is 39.2 Å². The molecule has 0 saturated carbocycles. The average Bonchev–Trinajstić information content (AvgIpc) is 3.01. The first-order valence-corrected chi connectivity index (χ1v) is 7.82. The maximum atomic E-state index is 10.3. The fourth-order valence-corrected chi connectivity index (χ4v) is 3.63. The summed E-state index contributed by atoms with van der Waals surface area (Å²) in [5.41, 5.74) is 3.52. The van der Waals surface area contributed by atoms with Crippen molar-refractivity contribution < 1.29 is 9.84 Å². The topological polar surface area (TPSA) is 42.4 Å². The van der Waals surface area contributed by atoms with Gasteiger partial charge in [0.25, 0.3) is 0 Å². The smallest absolute Gasteiger partial charge is 0.122 e. The second-order valence-electron chi connectivity index (χ2n) is 5.28. The van der Waals surface area contributed by atoms with Crippen molar-refractivity contribution in [2.45, 2.75) is 39.2 Å². The Kier molecular flexibility index (Phi) is 3.76. The molecule has 0 aliphatic carbocycles. The Morgan fingerprint density at radius 2 is 2.25 bits per heavy atom. The van der Waals surface area contributed by atoms with Crippen LogP contribution in [0, 0.1) is 13.8 Å². The van der Waals surface area contributed by atoms with E-state index in [0.29, 0.717) is 0 Å². The molecule has 0 spiro atoms. The molecule has 0 radical (unpaired) electrons. The van der Waals surface area contributed by atoms with Crippen molar-refractivity contribution in [3.8, 4) is 5.75 Å². The van der Waals surface area contributed by atoms with Crippen LogP contribution >= 0.6 is 11.3 Å². The Morgan fingerprint density at radius 1 is 1.40 bits per heavy atom. The lowest BCUT2D eigenvalue weighted by Gasteiger charge is -2.10. The van der Waals surface area contributed by atoms with Crippen molar-refractivity contribution in [1.29, 1.82) is 0 Å². The molecule has 0 amide bonds. The van der Waals surface area contributed by atoms with Gasteiger partial charge in [-0.05, 0) is 43.9 Å². The van der Waals surface area contributed by atoms with Gasteiger partial charge in [0, 0.05) is 6.42 Å². The number of hydrogen-bond acceptors (Lipinski definition) is 4. The summed E-state index contributed by atoms with van der Waals surface area (Å²) in [6.45, 7) is 4.74. The highest BCUT2D eigenvalue weighted by molar-refractivity contribution is 7.11. The molecule has 1 atom stereocenters. The van der Waals surface area contributed by atoms with Gasteiger partial charge in [-0.2, -0.15) is 0 Å². The number of aliphatic hydroxyl groups excluding tert-OH is 1. The summed E-state index contributed by atoms with van der Waals surface area (Å²) in [4.78, 5) is 5.38. The number of thiazole rings is 1. The molecule has 2 aromatic rings. The molecule has 0 saturated heterocycles. The van der Waals surface area contributed by atoms with E-state index in [4.69, 9.17) is 4.74 Å². The number of benzene rings is 1. The number of aryl methyl sites for hydroxylation is 3. The predicted octanol–water partition coefficient (Wildman–Crippen LogP) is 3.36. The van der Waals surface area contributed by atoms with E-state index in [1.165, 1.54) is 11.1 Å². The second-order valence-corrected chi connectivity index (χ2v) is 6.51. The third kappa shape index (κ3) is 2.72. The van der Waals surface area contributed by atoms with Crippen LogP contribution in [-0.2, 0) is 12.8 Å². The Morgan fingerprint density at radius 3 is 3.00 bits per heavy atom. The Labute approximate surface area is 123 Å². The number of nitrogens with zero attached hydrogens (tertiary/aromatic N) is 1. The van der Waals surface area contributed by atoms with Crippen LogP contribution in [0.4, 0.5) is 0 Å². The van der Waals surface area contributed by atoms with Crippen molar-refractivity contribution in [2.24, 2.45) is 0 Å². The minimum absolute atomic E-state index is 0.411. The third-order valence-corrected chi connectivity index (χ3v) is 4.88. The van der Waals surface area contributed by atoms with Crippen LogP contribution in [0.3, 0.4) is 0 Å². The lowest BCUT2D eigenvalue weighted by Crippen LogP contribution is -1.99. The number of rotatable bonds is 4. The molecular formula is C16H19NO2S. The van der Waals surface area contributed by atoms with Gasteiger partial charge in [-0.1, -0.05) is 12.1 Å². The summed E-state index contributed by atoms with van der Waals surface area (Å²) >= 11 is 1.60. The molecule has 1 aliphatic heterocycles. The molecule has 0 bridgehead atoms. The standard InChI is InChI=1S/C16H19NO2S/c1-10-16(20-11(2)17-10)14(18)5-3-12-4-6-15-13(9-12)7-8-19-15/h4,6,9,14,18H,3,5,7-8H2,1-2H3. The number of ether oxygens (including phenoxy) is 1. The summed E-state index contributed by atoms with van der Waals surface area (Å²) in [5.74, 6) is 1.02. The average molecular weight is 289 g/mol. The molecule has 1 aliphatic rings. The third-order valence-electron chi connectivity index (χ3n) is 3.70. The van der Waals surface area contributed by atoms with Crippen LogP contribution in [0.5, 0.6) is 5.75 Å². The SMILES string of the molecule is Cc1nc(C)c(C(O)CCc2ccc3c(c2)CCO3)s1. The molecule has 20 heavy (non-hydrogen) atoms. The molecule has 3 rings (SSSR count). The summed E-state index contributed by atoms with van der Waals surface area (Å²) in [5, 5.41) is 11.3.